The number of hydrogen-bond acceptors (Lipinski definition) is 4. The van der Waals surface area contributed by atoms with Crippen LogP contribution in [0.25, 0.3) is 22.6 Å². The van der Waals surface area contributed by atoms with E-state index in [0.29, 0.717) is 27.3 Å². The summed E-state index contributed by atoms with van der Waals surface area (Å²) < 4.78 is 0. The molecule has 3 heterocycles. The van der Waals surface area contributed by atoms with Crippen LogP contribution < -0.4 is 0 Å². The monoisotopic (exact) mass is 265 g/mol. The Morgan fingerprint density at radius 1 is 1.06 bits per heavy atom. The first kappa shape index (κ1) is 10.4. The minimum atomic E-state index is 0.343. The van der Waals surface area contributed by atoms with Gasteiger partial charge in [-0.3, -0.25) is 0 Å². The molecule has 7 heteroatoms. The maximum absolute atomic E-state index is 5.92. The molecular formula is C10H5Cl2N5. The van der Waals surface area contributed by atoms with Crippen LogP contribution in [0.2, 0.25) is 10.3 Å². The summed E-state index contributed by atoms with van der Waals surface area (Å²) in [5, 5.41) is 0.776. The zero-order valence-electron chi connectivity index (χ0n) is 8.35. The van der Waals surface area contributed by atoms with E-state index >= 15 is 0 Å². The van der Waals surface area contributed by atoms with Gasteiger partial charge in [0.05, 0.1) is 0 Å². The molecule has 5 nitrogen and oxygen atoms in total. The summed E-state index contributed by atoms with van der Waals surface area (Å²) in [7, 11) is 0. The highest BCUT2D eigenvalue weighted by Gasteiger charge is 2.09. The van der Waals surface area contributed by atoms with Crippen molar-refractivity contribution in [2.24, 2.45) is 0 Å². The van der Waals surface area contributed by atoms with Crippen LogP contribution in [0.4, 0.5) is 0 Å². The summed E-state index contributed by atoms with van der Waals surface area (Å²) in [6, 6.07) is 3.51. The van der Waals surface area contributed by atoms with Gasteiger partial charge < -0.3 is 4.98 Å². The van der Waals surface area contributed by atoms with E-state index in [2.05, 4.69) is 24.9 Å². The quantitative estimate of drug-likeness (QED) is 0.543. The van der Waals surface area contributed by atoms with Crippen LogP contribution in [0.3, 0.4) is 0 Å². The third-order valence-corrected chi connectivity index (χ3v) is 2.75. The molecule has 84 valence electrons. The Kier molecular flexibility index (Phi) is 2.42. The van der Waals surface area contributed by atoms with Crippen LogP contribution in [-0.4, -0.2) is 24.9 Å². The molecule has 0 unspecified atom stereocenters. The van der Waals surface area contributed by atoms with Gasteiger partial charge in [0.1, 0.15) is 22.8 Å². The van der Waals surface area contributed by atoms with Crippen LogP contribution in [-0.2, 0) is 0 Å². The van der Waals surface area contributed by atoms with Crippen molar-refractivity contribution >= 4 is 34.4 Å². The number of nitrogens with zero attached hydrogens (tertiary/aromatic N) is 4. The topological polar surface area (TPSA) is 67.3 Å². The van der Waals surface area contributed by atoms with E-state index in [-0.39, 0.29) is 0 Å². The predicted octanol–water partition coefficient (Wildman–Crippen LogP) is 2.72. The molecule has 0 spiro atoms. The molecule has 0 radical (unpaired) electrons. The standard InChI is InChI=1S/C10H5Cl2N5/c11-6-2-1-5(3-13-6)9-16-7-8(12)14-4-15-10(7)17-9/h1-4H,(H,14,15,16,17). The van der Waals surface area contributed by atoms with E-state index in [1.165, 1.54) is 6.33 Å². The summed E-state index contributed by atoms with van der Waals surface area (Å²) >= 11 is 11.6. The maximum atomic E-state index is 5.92. The van der Waals surface area contributed by atoms with Crippen molar-refractivity contribution in [3.8, 4) is 11.4 Å². The summed E-state index contributed by atoms with van der Waals surface area (Å²) in [5.41, 5.74) is 1.94. The summed E-state index contributed by atoms with van der Waals surface area (Å²) in [6.45, 7) is 0. The second-order valence-corrected chi connectivity index (χ2v) is 4.06. The van der Waals surface area contributed by atoms with E-state index in [1.807, 2.05) is 6.07 Å². The zero-order valence-corrected chi connectivity index (χ0v) is 9.87. The number of imidazole rings is 1. The molecule has 3 rings (SSSR count). The Hall–Kier alpha value is -1.72. The molecular weight excluding hydrogens is 261 g/mol. The largest absolute Gasteiger partial charge is 0.334 e. The summed E-state index contributed by atoms with van der Waals surface area (Å²) in [4.78, 5) is 19.2. The third-order valence-electron chi connectivity index (χ3n) is 2.24. The van der Waals surface area contributed by atoms with Crippen molar-refractivity contribution in [3.05, 3.63) is 35.0 Å². The first-order valence-corrected chi connectivity index (χ1v) is 5.48. The van der Waals surface area contributed by atoms with E-state index in [0.717, 1.165) is 5.56 Å². The lowest BCUT2D eigenvalue weighted by molar-refractivity contribution is 1.20. The van der Waals surface area contributed by atoms with Gasteiger partial charge in [-0.15, -0.1) is 0 Å². The number of rotatable bonds is 1. The molecule has 0 aliphatic rings. The van der Waals surface area contributed by atoms with Crippen LogP contribution in [0.5, 0.6) is 0 Å². The van der Waals surface area contributed by atoms with Crippen LogP contribution in [0, 0.1) is 0 Å². The number of aromatic amines is 1. The maximum Gasteiger partial charge on any atom is 0.182 e. The SMILES string of the molecule is Clc1ccc(-c2nc3ncnc(Cl)c3[nH]2)cn1. The Balaban J connectivity index is 2.18. The highest BCUT2D eigenvalue weighted by Crippen LogP contribution is 2.22. The fourth-order valence-corrected chi connectivity index (χ4v) is 1.74. The van der Waals surface area contributed by atoms with Gasteiger partial charge in [-0.1, -0.05) is 23.2 Å². The van der Waals surface area contributed by atoms with Gasteiger partial charge in [-0.2, -0.15) is 0 Å². The number of H-pyrrole nitrogens is 1. The number of halogens is 2. The Morgan fingerprint density at radius 2 is 1.94 bits per heavy atom. The lowest BCUT2D eigenvalue weighted by Crippen LogP contribution is -1.82. The third kappa shape index (κ3) is 1.83. The normalized spacial score (nSPS) is 10.9. The molecule has 0 atom stereocenters. The van der Waals surface area contributed by atoms with Crippen LogP contribution in [0.1, 0.15) is 0 Å². The van der Waals surface area contributed by atoms with Crippen LogP contribution >= 0.6 is 23.2 Å². The molecule has 0 aromatic carbocycles. The Bertz CT molecular complexity index is 677. The van der Waals surface area contributed by atoms with Crippen molar-refractivity contribution < 1.29 is 0 Å². The van der Waals surface area contributed by atoms with Crippen molar-refractivity contribution in [1.82, 2.24) is 24.9 Å². The number of hydrogen-bond donors (Lipinski definition) is 1. The van der Waals surface area contributed by atoms with Gasteiger partial charge in [0, 0.05) is 11.8 Å². The Morgan fingerprint density at radius 3 is 2.65 bits per heavy atom. The molecule has 0 bridgehead atoms. The van der Waals surface area contributed by atoms with Gasteiger partial charge >= 0.3 is 0 Å². The zero-order chi connectivity index (χ0) is 11.8. The van der Waals surface area contributed by atoms with Crippen LogP contribution in [0.15, 0.2) is 24.7 Å². The molecule has 17 heavy (non-hydrogen) atoms. The van der Waals surface area contributed by atoms with E-state index in [4.69, 9.17) is 23.2 Å². The second kappa shape index (κ2) is 3.94. The number of fused-ring (bicyclic) bond motifs is 1. The smallest absolute Gasteiger partial charge is 0.182 e. The highest BCUT2D eigenvalue weighted by molar-refractivity contribution is 6.33. The Labute approximate surface area is 106 Å². The molecule has 0 aliphatic heterocycles. The predicted molar refractivity (Wildman–Crippen MR) is 64.9 cm³/mol. The fourth-order valence-electron chi connectivity index (χ4n) is 1.45. The number of aromatic nitrogens is 5. The van der Waals surface area contributed by atoms with E-state index in [9.17, 15) is 0 Å². The second-order valence-electron chi connectivity index (χ2n) is 3.32. The van der Waals surface area contributed by atoms with Gasteiger partial charge in [-0.05, 0) is 12.1 Å². The van der Waals surface area contributed by atoms with Gasteiger partial charge in [-0.25, -0.2) is 19.9 Å². The average Bonchev–Trinajstić information content (AvgIpc) is 2.75. The molecule has 3 aromatic heterocycles. The van der Waals surface area contributed by atoms with Gasteiger partial charge in [0.25, 0.3) is 0 Å². The first-order chi connectivity index (χ1) is 8.24. The first-order valence-electron chi connectivity index (χ1n) is 4.72. The van der Waals surface area contributed by atoms with Crippen molar-refractivity contribution in [3.63, 3.8) is 0 Å². The number of pyridine rings is 1. The lowest BCUT2D eigenvalue weighted by atomic mass is 10.3. The molecule has 0 amide bonds. The highest BCUT2D eigenvalue weighted by atomic mass is 35.5. The van der Waals surface area contributed by atoms with E-state index < -0.39 is 0 Å². The van der Waals surface area contributed by atoms with Crippen molar-refractivity contribution in [2.75, 3.05) is 0 Å². The molecule has 0 saturated heterocycles. The fraction of sp³-hybridized carbons (Fsp3) is 0. The lowest BCUT2D eigenvalue weighted by Gasteiger charge is -1.94. The van der Waals surface area contributed by atoms with Crippen molar-refractivity contribution in [1.29, 1.82) is 0 Å². The van der Waals surface area contributed by atoms with Gasteiger partial charge in [0.2, 0.25) is 0 Å². The van der Waals surface area contributed by atoms with E-state index in [1.54, 1.807) is 12.3 Å². The summed E-state index contributed by atoms with van der Waals surface area (Å²) in [5.74, 6) is 0.631. The minimum Gasteiger partial charge on any atom is -0.334 e. The molecule has 1 N–H and O–H groups in total. The van der Waals surface area contributed by atoms with Crippen molar-refractivity contribution in [2.45, 2.75) is 0 Å². The average molecular weight is 266 g/mol. The number of nitrogens with one attached hydrogen (secondary N) is 1. The molecule has 3 aromatic rings. The minimum absolute atomic E-state index is 0.343. The summed E-state index contributed by atoms with van der Waals surface area (Å²) in [6.07, 6.45) is 3.00. The molecule has 0 saturated carbocycles. The molecule has 0 aliphatic carbocycles. The van der Waals surface area contributed by atoms with Gasteiger partial charge in [0.15, 0.2) is 10.8 Å². The molecule has 0 fully saturated rings.